The van der Waals surface area contributed by atoms with Gasteiger partial charge in [-0.1, -0.05) is 17.7 Å². The molecule has 0 bridgehead atoms. The summed E-state index contributed by atoms with van der Waals surface area (Å²) >= 11 is 5.94. The standard InChI is InChI=1S/C11H13ClN2O2/c1-2-5-14(8-11(15)16)7-9-3-4-13-6-10(9)12/h2-4,6H,1,5,7-8H2,(H,15,16). The first-order chi connectivity index (χ1) is 7.63. The van der Waals surface area contributed by atoms with Gasteiger partial charge in [0.2, 0.25) is 0 Å². The average molecular weight is 241 g/mol. The summed E-state index contributed by atoms with van der Waals surface area (Å²) in [5, 5.41) is 9.28. The Labute approximate surface area is 99.2 Å². The predicted molar refractivity (Wildman–Crippen MR) is 62.4 cm³/mol. The molecule has 0 amide bonds. The van der Waals surface area contributed by atoms with Crippen LogP contribution < -0.4 is 0 Å². The molecule has 0 unspecified atom stereocenters. The van der Waals surface area contributed by atoms with Gasteiger partial charge < -0.3 is 5.11 Å². The first kappa shape index (κ1) is 12.7. The van der Waals surface area contributed by atoms with Crippen LogP contribution >= 0.6 is 11.6 Å². The Morgan fingerprint density at radius 1 is 1.69 bits per heavy atom. The lowest BCUT2D eigenvalue weighted by Gasteiger charge is -2.18. The van der Waals surface area contributed by atoms with Crippen LogP contribution in [0.2, 0.25) is 5.02 Å². The molecule has 1 aromatic rings. The number of halogens is 1. The van der Waals surface area contributed by atoms with Crippen LogP contribution in [0.4, 0.5) is 0 Å². The van der Waals surface area contributed by atoms with Crippen molar-refractivity contribution in [1.82, 2.24) is 9.88 Å². The molecule has 0 radical (unpaired) electrons. The van der Waals surface area contributed by atoms with Gasteiger partial charge in [-0.3, -0.25) is 14.7 Å². The molecule has 1 N–H and O–H groups in total. The maximum atomic E-state index is 10.6. The van der Waals surface area contributed by atoms with Crippen LogP contribution in [0.5, 0.6) is 0 Å². The number of carboxylic acids is 1. The van der Waals surface area contributed by atoms with E-state index < -0.39 is 5.97 Å². The lowest BCUT2D eigenvalue weighted by Crippen LogP contribution is -2.29. The van der Waals surface area contributed by atoms with Crippen molar-refractivity contribution in [3.63, 3.8) is 0 Å². The minimum Gasteiger partial charge on any atom is -0.480 e. The molecule has 0 saturated heterocycles. The first-order valence-corrected chi connectivity index (χ1v) is 5.14. The third-order valence-corrected chi connectivity index (χ3v) is 2.34. The zero-order chi connectivity index (χ0) is 12.0. The van der Waals surface area contributed by atoms with Crippen LogP contribution in [0.15, 0.2) is 31.1 Å². The topological polar surface area (TPSA) is 53.4 Å². The molecule has 86 valence electrons. The molecule has 0 fully saturated rings. The summed E-state index contributed by atoms with van der Waals surface area (Å²) in [6.07, 6.45) is 4.84. The van der Waals surface area contributed by atoms with E-state index in [1.165, 1.54) is 0 Å². The van der Waals surface area contributed by atoms with Crippen LogP contribution in [-0.4, -0.2) is 34.0 Å². The maximum absolute atomic E-state index is 10.6. The van der Waals surface area contributed by atoms with Crippen LogP contribution in [-0.2, 0) is 11.3 Å². The Balaban J connectivity index is 2.71. The van der Waals surface area contributed by atoms with Crippen LogP contribution in [0.3, 0.4) is 0 Å². The normalized spacial score (nSPS) is 10.4. The summed E-state index contributed by atoms with van der Waals surface area (Å²) in [6.45, 7) is 4.53. The number of aliphatic carboxylic acids is 1. The highest BCUT2D eigenvalue weighted by Gasteiger charge is 2.10. The van der Waals surface area contributed by atoms with Gasteiger partial charge in [0, 0.05) is 25.5 Å². The number of rotatable bonds is 6. The number of carboxylic acid groups (broad SMARTS) is 1. The second-order valence-corrected chi connectivity index (χ2v) is 3.73. The Morgan fingerprint density at radius 3 is 3.00 bits per heavy atom. The van der Waals surface area contributed by atoms with Gasteiger partial charge in [0.05, 0.1) is 11.6 Å². The van der Waals surface area contributed by atoms with E-state index in [9.17, 15) is 4.79 Å². The van der Waals surface area contributed by atoms with Crippen molar-refractivity contribution >= 4 is 17.6 Å². The molecule has 0 aliphatic rings. The van der Waals surface area contributed by atoms with Gasteiger partial charge in [-0.15, -0.1) is 6.58 Å². The highest BCUT2D eigenvalue weighted by molar-refractivity contribution is 6.31. The molecular formula is C11H13ClN2O2. The smallest absolute Gasteiger partial charge is 0.317 e. The third-order valence-electron chi connectivity index (χ3n) is 2.00. The highest BCUT2D eigenvalue weighted by Crippen LogP contribution is 2.15. The van der Waals surface area contributed by atoms with Crippen molar-refractivity contribution in [2.45, 2.75) is 6.54 Å². The minimum absolute atomic E-state index is 0.0370. The largest absolute Gasteiger partial charge is 0.480 e. The second-order valence-electron chi connectivity index (χ2n) is 3.32. The fourth-order valence-corrected chi connectivity index (χ4v) is 1.51. The van der Waals surface area contributed by atoms with Crippen molar-refractivity contribution in [1.29, 1.82) is 0 Å². The monoisotopic (exact) mass is 240 g/mol. The van der Waals surface area contributed by atoms with Crippen molar-refractivity contribution < 1.29 is 9.90 Å². The fraction of sp³-hybridized carbons (Fsp3) is 0.273. The Hall–Kier alpha value is -1.39. The van der Waals surface area contributed by atoms with Gasteiger partial charge in [0.15, 0.2) is 0 Å². The average Bonchev–Trinajstić information content (AvgIpc) is 2.21. The molecule has 5 heteroatoms. The van der Waals surface area contributed by atoms with Gasteiger partial charge >= 0.3 is 5.97 Å². The number of nitrogens with zero attached hydrogens (tertiary/aromatic N) is 2. The molecule has 1 rings (SSSR count). The van der Waals surface area contributed by atoms with E-state index in [0.717, 1.165) is 5.56 Å². The Morgan fingerprint density at radius 2 is 2.44 bits per heavy atom. The van der Waals surface area contributed by atoms with Crippen molar-refractivity contribution in [2.24, 2.45) is 0 Å². The van der Waals surface area contributed by atoms with E-state index in [1.807, 2.05) is 0 Å². The number of hydrogen-bond donors (Lipinski definition) is 1. The van der Waals surface area contributed by atoms with Gasteiger partial charge in [-0.25, -0.2) is 0 Å². The van der Waals surface area contributed by atoms with E-state index in [0.29, 0.717) is 18.1 Å². The van der Waals surface area contributed by atoms with Gasteiger partial charge in [0.25, 0.3) is 0 Å². The SMILES string of the molecule is C=CCN(CC(=O)O)Cc1ccncc1Cl. The summed E-state index contributed by atoms with van der Waals surface area (Å²) in [5.74, 6) is -0.868. The quantitative estimate of drug-likeness (QED) is 0.771. The predicted octanol–water partition coefficient (Wildman–Crippen LogP) is 1.81. The lowest BCUT2D eigenvalue weighted by molar-refractivity contribution is -0.138. The molecule has 0 aromatic carbocycles. The zero-order valence-corrected chi connectivity index (χ0v) is 9.52. The molecule has 0 spiro atoms. The Bertz CT molecular complexity index is 382. The highest BCUT2D eigenvalue weighted by atomic mass is 35.5. The summed E-state index contributed by atoms with van der Waals surface area (Å²) in [6, 6.07) is 1.78. The molecule has 1 aromatic heterocycles. The molecule has 1 heterocycles. The van der Waals surface area contributed by atoms with Crippen molar-refractivity contribution in [3.05, 3.63) is 41.7 Å². The first-order valence-electron chi connectivity index (χ1n) is 4.77. The fourth-order valence-electron chi connectivity index (χ4n) is 1.33. The van der Waals surface area contributed by atoms with Gasteiger partial charge in [-0.05, 0) is 11.6 Å². The molecule has 0 aliphatic carbocycles. The Kier molecular flexibility index (Phi) is 4.95. The van der Waals surface area contributed by atoms with Crippen molar-refractivity contribution in [3.8, 4) is 0 Å². The molecule has 0 atom stereocenters. The second kappa shape index (κ2) is 6.25. The van der Waals surface area contributed by atoms with E-state index >= 15 is 0 Å². The summed E-state index contributed by atoms with van der Waals surface area (Å²) in [5.41, 5.74) is 0.861. The van der Waals surface area contributed by atoms with Gasteiger partial charge in [-0.2, -0.15) is 0 Å². The molecule has 16 heavy (non-hydrogen) atoms. The maximum Gasteiger partial charge on any atom is 0.317 e. The molecule has 0 aliphatic heterocycles. The number of carbonyl (C=O) groups is 1. The minimum atomic E-state index is -0.868. The summed E-state index contributed by atoms with van der Waals surface area (Å²) in [4.78, 5) is 16.2. The van der Waals surface area contributed by atoms with Crippen LogP contribution in [0, 0.1) is 0 Å². The van der Waals surface area contributed by atoms with Gasteiger partial charge in [0.1, 0.15) is 0 Å². The number of pyridine rings is 1. The van der Waals surface area contributed by atoms with Crippen LogP contribution in [0.25, 0.3) is 0 Å². The van der Waals surface area contributed by atoms with Crippen molar-refractivity contribution in [2.75, 3.05) is 13.1 Å². The number of aromatic nitrogens is 1. The van der Waals surface area contributed by atoms with E-state index in [4.69, 9.17) is 16.7 Å². The lowest BCUT2D eigenvalue weighted by atomic mass is 10.2. The third kappa shape index (κ3) is 4.00. The number of hydrogen-bond acceptors (Lipinski definition) is 3. The molecular weight excluding hydrogens is 228 g/mol. The zero-order valence-electron chi connectivity index (χ0n) is 8.77. The van der Waals surface area contributed by atoms with E-state index in [-0.39, 0.29) is 6.54 Å². The van der Waals surface area contributed by atoms with Crippen LogP contribution in [0.1, 0.15) is 5.56 Å². The van der Waals surface area contributed by atoms with E-state index in [2.05, 4.69) is 11.6 Å². The summed E-state index contributed by atoms with van der Waals surface area (Å²) in [7, 11) is 0. The molecule has 0 saturated carbocycles. The molecule has 4 nitrogen and oxygen atoms in total. The van der Waals surface area contributed by atoms with E-state index in [1.54, 1.807) is 29.4 Å². The summed E-state index contributed by atoms with van der Waals surface area (Å²) < 4.78 is 0.